The Morgan fingerprint density at radius 1 is 1.23 bits per heavy atom. The van der Waals surface area contributed by atoms with E-state index in [4.69, 9.17) is 16.3 Å². The number of nitrogens with zero attached hydrogens (tertiary/aromatic N) is 5. The Morgan fingerprint density at radius 3 is 2.77 bits per heavy atom. The van der Waals surface area contributed by atoms with Gasteiger partial charge in [0.05, 0.1) is 36.7 Å². The largest absolute Gasteiger partial charge is 0.496 e. The van der Waals surface area contributed by atoms with Crippen LogP contribution in [0.15, 0.2) is 49.1 Å². The van der Waals surface area contributed by atoms with Gasteiger partial charge in [-0.25, -0.2) is 9.50 Å². The van der Waals surface area contributed by atoms with Crippen LogP contribution in [0.5, 0.6) is 5.75 Å². The molecule has 3 atom stereocenters. The van der Waals surface area contributed by atoms with E-state index in [1.165, 1.54) is 0 Å². The molecule has 1 unspecified atom stereocenters. The second-order valence-corrected chi connectivity index (χ2v) is 7.67. The minimum atomic E-state index is -1.10. The number of halogens is 1. The zero-order valence-electron chi connectivity index (χ0n) is 17.3. The van der Waals surface area contributed by atoms with E-state index in [2.05, 4.69) is 20.5 Å². The van der Waals surface area contributed by atoms with E-state index in [1.807, 2.05) is 6.92 Å². The van der Waals surface area contributed by atoms with Crippen LogP contribution in [0.3, 0.4) is 0 Å². The number of benzene rings is 1. The topological polar surface area (TPSA) is 110 Å². The smallest absolute Gasteiger partial charge is 0.162 e. The van der Waals surface area contributed by atoms with E-state index in [0.717, 1.165) is 0 Å². The standard InChI is InChI=1S/C21H23ClN6O3/c1-12(13(2)29)28-11-17(19(26-28)15-9-14(22)5-6-18(15)31-3)25-21(30)16-10-24-27-8-4-7-23-20(16)27/h4-13,21,25,29-30H,1-3H3/t12-,13-,21?/m0/s1. The second kappa shape index (κ2) is 8.54. The molecule has 0 saturated heterocycles. The Balaban J connectivity index is 1.78. The molecule has 0 fully saturated rings. The summed E-state index contributed by atoms with van der Waals surface area (Å²) in [6.07, 6.45) is 4.95. The molecule has 31 heavy (non-hydrogen) atoms. The zero-order chi connectivity index (χ0) is 22.1. The lowest BCUT2D eigenvalue weighted by Crippen LogP contribution is -2.18. The van der Waals surface area contributed by atoms with E-state index in [1.54, 1.807) is 72.3 Å². The molecule has 162 valence electrons. The monoisotopic (exact) mass is 442 g/mol. The molecule has 3 heterocycles. The van der Waals surface area contributed by atoms with Gasteiger partial charge in [0.25, 0.3) is 0 Å². The van der Waals surface area contributed by atoms with Gasteiger partial charge in [0.15, 0.2) is 11.9 Å². The van der Waals surface area contributed by atoms with E-state index >= 15 is 0 Å². The fourth-order valence-corrected chi connectivity index (χ4v) is 3.43. The van der Waals surface area contributed by atoms with Crippen molar-refractivity contribution in [3.05, 3.63) is 59.6 Å². The molecule has 9 nitrogen and oxygen atoms in total. The Bertz CT molecular complexity index is 1210. The number of ether oxygens (including phenoxy) is 1. The fraction of sp³-hybridized carbons (Fsp3) is 0.286. The lowest BCUT2D eigenvalue weighted by molar-refractivity contribution is 0.132. The van der Waals surface area contributed by atoms with Gasteiger partial charge >= 0.3 is 0 Å². The van der Waals surface area contributed by atoms with Crippen molar-refractivity contribution >= 4 is 22.9 Å². The third-order valence-electron chi connectivity index (χ3n) is 5.16. The van der Waals surface area contributed by atoms with Crippen LogP contribution in [-0.4, -0.2) is 47.8 Å². The molecule has 0 aliphatic carbocycles. The summed E-state index contributed by atoms with van der Waals surface area (Å²) < 4.78 is 8.72. The van der Waals surface area contributed by atoms with Gasteiger partial charge < -0.3 is 20.3 Å². The van der Waals surface area contributed by atoms with Crippen molar-refractivity contribution in [2.45, 2.75) is 32.2 Å². The average Bonchev–Trinajstić information content (AvgIpc) is 3.37. The van der Waals surface area contributed by atoms with Crippen LogP contribution in [0.25, 0.3) is 16.9 Å². The van der Waals surface area contributed by atoms with Crippen molar-refractivity contribution in [3.63, 3.8) is 0 Å². The Labute approximate surface area is 183 Å². The number of aromatic nitrogens is 5. The minimum Gasteiger partial charge on any atom is -0.496 e. The van der Waals surface area contributed by atoms with Gasteiger partial charge in [0.2, 0.25) is 0 Å². The van der Waals surface area contributed by atoms with Crippen LogP contribution in [0, 0.1) is 0 Å². The Hall–Kier alpha value is -3.14. The van der Waals surface area contributed by atoms with Crippen molar-refractivity contribution in [1.29, 1.82) is 0 Å². The number of aliphatic hydroxyl groups is 2. The fourth-order valence-electron chi connectivity index (χ4n) is 3.25. The minimum absolute atomic E-state index is 0.296. The highest BCUT2D eigenvalue weighted by Gasteiger charge is 2.23. The molecule has 0 spiro atoms. The number of rotatable bonds is 7. The maximum absolute atomic E-state index is 10.9. The van der Waals surface area contributed by atoms with Crippen LogP contribution in [0.2, 0.25) is 5.02 Å². The SMILES string of the molecule is COc1ccc(Cl)cc1-c1nn([C@@H](C)[C@H](C)O)cc1NC(O)c1cnn2cccnc12. The summed E-state index contributed by atoms with van der Waals surface area (Å²) in [5.41, 5.74) is 2.76. The number of hydrogen-bond acceptors (Lipinski definition) is 7. The van der Waals surface area contributed by atoms with Crippen LogP contribution in [0.4, 0.5) is 5.69 Å². The lowest BCUT2D eigenvalue weighted by Gasteiger charge is -2.15. The summed E-state index contributed by atoms with van der Waals surface area (Å²) in [6.45, 7) is 3.55. The molecule has 0 saturated carbocycles. The van der Waals surface area contributed by atoms with Crippen LogP contribution in [0.1, 0.15) is 31.7 Å². The van der Waals surface area contributed by atoms with Gasteiger partial charge in [-0.1, -0.05) is 11.6 Å². The van der Waals surface area contributed by atoms with Crippen molar-refractivity contribution in [3.8, 4) is 17.0 Å². The molecule has 0 bridgehead atoms. The molecule has 4 aromatic rings. The molecule has 1 aromatic carbocycles. The van der Waals surface area contributed by atoms with Gasteiger partial charge in [-0.3, -0.25) is 4.68 Å². The maximum atomic E-state index is 10.9. The number of anilines is 1. The Kier molecular flexibility index (Phi) is 5.81. The van der Waals surface area contributed by atoms with E-state index in [0.29, 0.717) is 38.9 Å². The van der Waals surface area contributed by atoms with Crippen LogP contribution in [-0.2, 0) is 0 Å². The highest BCUT2D eigenvalue weighted by atomic mass is 35.5. The number of methoxy groups -OCH3 is 1. The maximum Gasteiger partial charge on any atom is 0.162 e. The first-order valence-electron chi connectivity index (χ1n) is 9.73. The normalized spacial score (nSPS) is 14.4. The first kappa shape index (κ1) is 21.1. The van der Waals surface area contributed by atoms with Crippen LogP contribution < -0.4 is 10.1 Å². The van der Waals surface area contributed by atoms with E-state index < -0.39 is 12.3 Å². The highest BCUT2D eigenvalue weighted by molar-refractivity contribution is 6.31. The highest BCUT2D eigenvalue weighted by Crippen LogP contribution is 2.38. The molecular formula is C21H23ClN6O3. The quantitative estimate of drug-likeness (QED) is 0.377. The third-order valence-corrected chi connectivity index (χ3v) is 5.39. The predicted molar refractivity (Wildman–Crippen MR) is 117 cm³/mol. The molecule has 0 aliphatic heterocycles. The van der Waals surface area contributed by atoms with Crippen molar-refractivity contribution in [1.82, 2.24) is 24.4 Å². The number of aliphatic hydroxyl groups excluding tert-OH is 2. The third kappa shape index (κ3) is 4.07. The molecule has 0 aliphatic rings. The first-order chi connectivity index (χ1) is 14.9. The summed E-state index contributed by atoms with van der Waals surface area (Å²) >= 11 is 6.23. The second-order valence-electron chi connectivity index (χ2n) is 7.23. The Morgan fingerprint density at radius 2 is 2.03 bits per heavy atom. The molecule has 3 aromatic heterocycles. The van der Waals surface area contributed by atoms with E-state index in [9.17, 15) is 10.2 Å². The van der Waals surface area contributed by atoms with Crippen molar-refractivity contribution < 1.29 is 14.9 Å². The van der Waals surface area contributed by atoms with E-state index in [-0.39, 0.29) is 6.04 Å². The summed E-state index contributed by atoms with van der Waals surface area (Å²) in [6, 6.07) is 6.69. The van der Waals surface area contributed by atoms with Crippen molar-refractivity contribution in [2.24, 2.45) is 0 Å². The van der Waals surface area contributed by atoms with Crippen LogP contribution >= 0.6 is 11.6 Å². The zero-order valence-corrected chi connectivity index (χ0v) is 18.0. The summed E-state index contributed by atoms with van der Waals surface area (Å²) in [5, 5.41) is 33.5. The predicted octanol–water partition coefficient (Wildman–Crippen LogP) is 3.30. The van der Waals surface area contributed by atoms with Gasteiger partial charge in [0.1, 0.15) is 11.4 Å². The molecule has 10 heteroatoms. The molecule has 4 rings (SSSR count). The summed E-state index contributed by atoms with van der Waals surface area (Å²) in [5.74, 6) is 0.578. The van der Waals surface area contributed by atoms with Crippen molar-refractivity contribution in [2.75, 3.05) is 12.4 Å². The molecule has 0 radical (unpaired) electrons. The van der Waals surface area contributed by atoms with Gasteiger partial charge in [-0.05, 0) is 38.1 Å². The lowest BCUT2D eigenvalue weighted by atomic mass is 10.1. The number of nitrogens with one attached hydrogen (secondary N) is 1. The summed E-state index contributed by atoms with van der Waals surface area (Å²) in [7, 11) is 1.56. The summed E-state index contributed by atoms with van der Waals surface area (Å²) in [4.78, 5) is 4.29. The van der Waals surface area contributed by atoms with Gasteiger partial charge in [-0.15, -0.1) is 0 Å². The molecule has 3 N–H and O–H groups in total. The first-order valence-corrected chi connectivity index (χ1v) is 10.1. The molecular weight excluding hydrogens is 420 g/mol. The van der Waals surface area contributed by atoms with Gasteiger partial charge in [0, 0.05) is 29.2 Å². The average molecular weight is 443 g/mol. The number of fused-ring (bicyclic) bond motifs is 1. The molecule has 0 amide bonds. The number of hydrogen-bond donors (Lipinski definition) is 3. The van der Waals surface area contributed by atoms with Gasteiger partial charge in [-0.2, -0.15) is 10.2 Å².